The van der Waals surface area contributed by atoms with Crippen molar-refractivity contribution in [3.8, 4) is 22.3 Å². The van der Waals surface area contributed by atoms with Crippen LogP contribution < -0.4 is 20.6 Å². The average Bonchev–Trinajstić information content (AvgIpc) is 3.92. The summed E-state index contributed by atoms with van der Waals surface area (Å²) in [7, 11) is 0. The molecule has 0 unspecified atom stereocenters. The van der Waals surface area contributed by atoms with E-state index in [1.807, 2.05) is 22.7 Å². The van der Waals surface area contributed by atoms with Crippen molar-refractivity contribution in [3.63, 3.8) is 0 Å². The Hall–Kier alpha value is -3.64. The molecule has 0 N–H and O–H groups in total. The molecule has 0 atom stereocenters. The van der Waals surface area contributed by atoms with Crippen LogP contribution in [0.3, 0.4) is 0 Å². The predicted octanol–water partition coefficient (Wildman–Crippen LogP) is 12.8. The van der Waals surface area contributed by atoms with Gasteiger partial charge < -0.3 is 4.90 Å². The molecule has 0 spiro atoms. The number of hydrogen-bond acceptors (Lipinski definition) is 4. The standard InChI is InChI=1S/C48H46BNS3/c1-45(2)20-22-47(5,6)42-37(45)35(26-51-42)50-34-25-27(28-16-13-17-31-30-15-10-12-19-36(30)52-41(28)31)24-32-29-14-9-11-18-33(29)49(39(32)34)44-40(50)38-43(53-44)48(7,8)23-21-46(38,3)4/h9-19,24-26H,20-23H2,1-8H3. The number of anilines is 3. The lowest BCUT2D eigenvalue weighted by atomic mass is 9.40. The van der Waals surface area contributed by atoms with Crippen molar-refractivity contribution in [3.05, 3.63) is 105 Å². The van der Waals surface area contributed by atoms with Gasteiger partial charge in [-0.3, -0.25) is 0 Å². The lowest BCUT2D eigenvalue weighted by molar-refractivity contribution is 0.338. The SMILES string of the molecule is CC1(C)CCC(C)(C)c2c(N3c4cc(-c5cccc6c5sc5ccccc56)cc5c4B(c4ccccc4-5)c4sc5c(c43)C(C)(C)CCC5(C)C)csc21. The van der Waals surface area contributed by atoms with Gasteiger partial charge in [-0.25, -0.2) is 0 Å². The van der Waals surface area contributed by atoms with Crippen molar-refractivity contribution in [1.29, 1.82) is 0 Å². The first-order valence-corrected chi connectivity index (χ1v) is 22.1. The van der Waals surface area contributed by atoms with Gasteiger partial charge in [0.05, 0.1) is 11.4 Å². The molecular weight excluding hydrogens is 698 g/mol. The van der Waals surface area contributed by atoms with Crippen LogP contribution in [0.2, 0.25) is 0 Å². The van der Waals surface area contributed by atoms with Crippen molar-refractivity contribution in [2.24, 2.45) is 0 Å². The summed E-state index contributed by atoms with van der Waals surface area (Å²) >= 11 is 6.11. The molecule has 264 valence electrons. The monoisotopic (exact) mass is 743 g/mol. The number of benzene rings is 4. The molecular formula is C48H46BNS3. The number of thiophene rings is 3. The summed E-state index contributed by atoms with van der Waals surface area (Å²) in [6.07, 6.45) is 4.87. The summed E-state index contributed by atoms with van der Waals surface area (Å²) in [5.74, 6) is 0. The first-order chi connectivity index (χ1) is 25.3. The first-order valence-electron chi connectivity index (χ1n) is 19.5. The number of rotatable bonds is 2. The zero-order valence-corrected chi connectivity index (χ0v) is 34.6. The Morgan fingerprint density at radius 2 is 1.25 bits per heavy atom. The molecule has 2 aliphatic heterocycles. The third kappa shape index (κ3) is 4.31. The number of nitrogens with zero attached hydrogens (tertiary/aromatic N) is 1. The fourth-order valence-electron chi connectivity index (χ4n) is 10.6. The van der Waals surface area contributed by atoms with E-state index in [2.05, 4.69) is 156 Å². The molecule has 5 heteroatoms. The number of fused-ring (bicyclic) bond motifs is 11. The van der Waals surface area contributed by atoms with Crippen LogP contribution in [-0.4, -0.2) is 6.71 Å². The van der Waals surface area contributed by atoms with Crippen LogP contribution in [-0.2, 0) is 21.7 Å². The maximum atomic E-state index is 2.84. The average molecular weight is 744 g/mol. The van der Waals surface area contributed by atoms with E-state index in [1.165, 1.54) is 96.1 Å². The Morgan fingerprint density at radius 3 is 2.06 bits per heavy atom. The molecule has 11 rings (SSSR count). The van der Waals surface area contributed by atoms with Gasteiger partial charge in [-0.2, -0.15) is 11.3 Å². The maximum Gasteiger partial charge on any atom is 0.260 e. The molecule has 0 saturated heterocycles. The van der Waals surface area contributed by atoms with Gasteiger partial charge in [0, 0.05) is 45.8 Å². The Labute approximate surface area is 326 Å². The second kappa shape index (κ2) is 10.6. The molecule has 5 heterocycles. The van der Waals surface area contributed by atoms with E-state index in [-0.39, 0.29) is 28.4 Å². The molecule has 4 aliphatic rings. The van der Waals surface area contributed by atoms with E-state index < -0.39 is 0 Å². The molecule has 4 aromatic carbocycles. The zero-order valence-electron chi connectivity index (χ0n) is 32.2. The quantitative estimate of drug-likeness (QED) is 0.159. The van der Waals surface area contributed by atoms with E-state index in [0.717, 1.165) is 0 Å². The van der Waals surface area contributed by atoms with Gasteiger partial charge in [0.25, 0.3) is 6.71 Å². The fourth-order valence-corrected chi connectivity index (χ4v) is 15.0. The van der Waals surface area contributed by atoms with Crippen LogP contribution in [0, 0.1) is 0 Å². The third-order valence-electron chi connectivity index (χ3n) is 13.7. The van der Waals surface area contributed by atoms with E-state index in [4.69, 9.17) is 0 Å². The lowest BCUT2D eigenvalue weighted by Crippen LogP contribution is -2.54. The molecule has 0 radical (unpaired) electrons. The predicted molar refractivity (Wildman–Crippen MR) is 236 cm³/mol. The van der Waals surface area contributed by atoms with Gasteiger partial charge in [-0.05, 0) is 104 Å². The first kappa shape index (κ1) is 32.8. The highest BCUT2D eigenvalue weighted by atomic mass is 32.1. The summed E-state index contributed by atoms with van der Waals surface area (Å²) < 4.78 is 4.31. The van der Waals surface area contributed by atoms with E-state index in [1.54, 1.807) is 25.7 Å². The summed E-state index contributed by atoms with van der Waals surface area (Å²) in [6, 6.07) is 30.4. The molecule has 0 bridgehead atoms. The minimum atomic E-state index is 0.0802. The highest BCUT2D eigenvalue weighted by Gasteiger charge is 2.52. The summed E-state index contributed by atoms with van der Waals surface area (Å²) in [6.45, 7) is 20.3. The lowest BCUT2D eigenvalue weighted by Gasteiger charge is -2.44. The van der Waals surface area contributed by atoms with E-state index >= 15 is 0 Å². The largest absolute Gasteiger partial charge is 0.309 e. The fraction of sp³-hybridized carbons (Fsp3) is 0.333. The second-order valence-corrected chi connectivity index (χ2v) is 22.0. The van der Waals surface area contributed by atoms with Crippen LogP contribution in [0.15, 0.2) is 84.2 Å². The van der Waals surface area contributed by atoms with Crippen LogP contribution in [0.4, 0.5) is 17.1 Å². The molecule has 53 heavy (non-hydrogen) atoms. The molecule has 2 aliphatic carbocycles. The molecule has 0 fully saturated rings. The second-order valence-electron chi connectivity index (χ2n) is 19.0. The molecule has 7 aromatic rings. The van der Waals surface area contributed by atoms with Crippen molar-refractivity contribution in [2.45, 2.75) is 103 Å². The van der Waals surface area contributed by atoms with Crippen molar-refractivity contribution < 1.29 is 0 Å². The normalized spacial score (nSPS) is 19.5. The minimum absolute atomic E-state index is 0.0802. The smallest absolute Gasteiger partial charge is 0.260 e. The Bertz CT molecular complexity index is 2710. The van der Waals surface area contributed by atoms with Gasteiger partial charge in [0.1, 0.15) is 0 Å². The van der Waals surface area contributed by atoms with Gasteiger partial charge >= 0.3 is 0 Å². The Kier molecular flexibility index (Phi) is 6.53. The number of hydrogen-bond donors (Lipinski definition) is 0. The third-order valence-corrected chi connectivity index (χ3v) is 17.9. The Balaban J connectivity index is 1.29. The molecule has 0 saturated carbocycles. The topological polar surface area (TPSA) is 3.24 Å². The van der Waals surface area contributed by atoms with E-state index in [0.29, 0.717) is 0 Å². The van der Waals surface area contributed by atoms with Gasteiger partial charge in [0.2, 0.25) is 0 Å². The van der Waals surface area contributed by atoms with E-state index in [9.17, 15) is 0 Å². The van der Waals surface area contributed by atoms with Crippen LogP contribution >= 0.6 is 34.0 Å². The minimum Gasteiger partial charge on any atom is -0.309 e. The van der Waals surface area contributed by atoms with Gasteiger partial charge in [-0.1, -0.05) is 122 Å². The van der Waals surface area contributed by atoms with Crippen LogP contribution in [0.5, 0.6) is 0 Å². The van der Waals surface area contributed by atoms with Crippen molar-refractivity contribution in [2.75, 3.05) is 4.90 Å². The maximum absolute atomic E-state index is 2.84. The van der Waals surface area contributed by atoms with Gasteiger partial charge in [-0.15, -0.1) is 22.7 Å². The highest BCUT2D eigenvalue weighted by molar-refractivity contribution is 7.29. The summed E-state index contributed by atoms with van der Waals surface area (Å²) in [5.41, 5.74) is 16.5. The molecule has 3 aromatic heterocycles. The molecule has 0 amide bonds. The van der Waals surface area contributed by atoms with Gasteiger partial charge in [0.15, 0.2) is 0 Å². The summed E-state index contributed by atoms with van der Waals surface area (Å²) in [4.78, 5) is 6.03. The summed E-state index contributed by atoms with van der Waals surface area (Å²) in [5, 5.41) is 5.28. The van der Waals surface area contributed by atoms with Crippen molar-refractivity contribution in [1.82, 2.24) is 0 Å². The van der Waals surface area contributed by atoms with Crippen LogP contribution in [0.25, 0.3) is 42.4 Å². The highest BCUT2D eigenvalue weighted by Crippen LogP contribution is 2.60. The molecule has 1 nitrogen and oxygen atoms in total. The van der Waals surface area contributed by atoms with Crippen LogP contribution in [0.1, 0.15) is 102 Å². The zero-order chi connectivity index (χ0) is 36.4. The van der Waals surface area contributed by atoms with Crippen molar-refractivity contribution >= 4 is 93.7 Å². The Morgan fingerprint density at radius 1 is 0.585 bits per heavy atom.